The maximum atomic E-state index is 15.1. The van der Waals surface area contributed by atoms with Crippen LogP contribution in [0.25, 0.3) is 22.0 Å². The molecule has 3 aromatic carbocycles. The summed E-state index contributed by atoms with van der Waals surface area (Å²) in [5, 5.41) is 29.2. The molecular formula is C56H75N15O10. The first-order chi connectivity index (χ1) is 38.9. The molecule has 0 radical (unpaired) electrons. The number of aromatic nitrogens is 3. The predicted octanol–water partition coefficient (Wildman–Crippen LogP) is 0.332. The summed E-state index contributed by atoms with van der Waals surface area (Å²) in [6.45, 7) is 3.46. The number of nitrogens with two attached hydrogens (primary N) is 4. The molecular weight excluding hydrogens is 1040 g/mol. The molecule has 18 N–H and O–H groups in total. The van der Waals surface area contributed by atoms with E-state index in [4.69, 9.17) is 22.9 Å². The molecule has 2 heterocycles. The summed E-state index contributed by atoms with van der Waals surface area (Å²) in [5.41, 5.74) is 26.5. The second-order valence-electron chi connectivity index (χ2n) is 19.6. The van der Waals surface area contributed by atoms with Crippen LogP contribution in [-0.4, -0.2) is 135 Å². The average molecular weight is 1120 g/mol. The number of H-pyrrole nitrogens is 2. The number of carbonyl (C=O) groups excluding carboxylic acids is 8. The number of carboxylic acids is 1. The normalized spacial score (nSPS) is 13.6. The Kier molecular flexibility index (Phi) is 24.8. The summed E-state index contributed by atoms with van der Waals surface area (Å²) >= 11 is 0. The molecule has 0 bridgehead atoms. The van der Waals surface area contributed by atoms with Crippen LogP contribution in [0.2, 0.25) is 0 Å². The first-order valence-corrected chi connectivity index (χ1v) is 26.9. The van der Waals surface area contributed by atoms with Crippen molar-refractivity contribution in [2.45, 2.75) is 133 Å². The van der Waals surface area contributed by atoms with Gasteiger partial charge in [0.05, 0.1) is 12.7 Å². The fourth-order valence-corrected chi connectivity index (χ4v) is 9.07. The van der Waals surface area contributed by atoms with Crippen LogP contribution in [0.15, 0.2) is 103 Å². The van der Waals surface area contributed by atoms with E-state index in [1.165, 1.54) is 19.4 Å². The highest BCUT2D eigenvalue weighted by molar-refractivity contribution is 5.99. The largest absolute Gasteiger partial charge is 0.481 e. The summed E-state index contributed by atoms with van der Waals surface area (Å²) < 4.78 is 0. The maximum Gasteiger partial charge on any atom is 0.305 e. The van der Waals surface area contributed by atoms with Gasteiger partial charge in [-0.2, -0.15) is 0 Å². The minimum atomic E-state index is -1.74. The maximum absolute atomic E-state index is 15.1. The monoisotopic (exact) mass is 1120 g/mol. The highest BCUT2D eigenvalue weighted by Crippen LogP contribution is 2.25. The number of aromatic amines is 2. The van der Waals surface area contributed by atoms with Crippen molar-refractivity contribution in [3.63, 3.8) is 0 Å². The van der Waals surface area contributed by atoms with Gasteiger partial charge in [-0.3, -0.25) is 48.1 Å². The number of carboxylic acid groups (broad SMARTS) is 1. The Bertz CT molecular complexity index is 2950. The molecule has 434 valence electrons. The van der Waals surface area contributed by atoms with Crippen LogP contribution < -0.4 is 60.2 Å². The van der Waals surface area contributed by atoms with Crippen molar-refractivity contribution in [2.75, 3.05) is 13.1 Å². The van der Waals surface area contributed by atoms with E-state index in [1.807, 2.05) is 67.6 Å². The Morgan fingerprint density at radius 2 is 1.11 bits per heavy atom. The highest BCUT2D eigenvalue weighted by atomic mass is 16.4. The number of primary amides is 1. The summed E-state index contributed by atoms with van der Waals surface area (Å²) in [7, 11) is 0. The fraction of sp³-hybridized carbons (Fsp3) is 0.411. The number of aliphatic imine (C=N–C) groups is 1. The summed E-state index contributed by atoms with van der Waals surface area (Å²) in [6, 6.07) is 13.9. The van der Waals surface area contributed by atoms with Crippen molar-refractivity contribution in [3.8, 4) is 11.1 Å². The molecule has 0 fully saturated rings. The third-order valence-corrected chi connectivity index (χ3v) is 13.2. The smallest absolute Gasteiger partial charge is 0.305 e. The van der Waals surface area contributed by atoms with Crippen molar-refractivity contribution >= 4 is 70.1 Å². The van der Waals surface area contributed by atoms with Crippen molar-refractivity contribution in [2.24, 2.45) is 27.9 Å². The molecule has 25 heteroatoms. The van der Waals surface area contributed by atoms with E-state index in [2.05, 4.69) is 57.2 Å². The topological polar surface area (TPSA) is 419 Å². The third-order valence-electron chi connectivity index (χ3n) is 13.2. The zero-order valence-electron chi connectivity index (χ0n) is 45.5. The number of guanidine groups is 1. The summed E-state index contributed by atoms with van der Waals surface area (Å²) in [5.74, 6) is -8.27. The summed E-state index contributed by atoms with van der Waals surface area (Å²) in [6.07, 6.45) is 5.60. The molecule has 8 amide bonds. The van der Waals surface area contributed by atoms with Gasteiger partial charge in [-0.25, -0.2) is 4.98 Å². The fourth-order valence-electron chi connectivity index (χ4n) is 9.07. The van der Waals surface area contributed by atoms with Gasteiger partial charge in [0.25, 0.3) is 0 Å². The standard InChI is InChI=1S/C56H75N15O10/c1-3-4-20-42(65-33(2)72)50(76)71-47(29-48(73)74)55(81)70-46(28-37-31-61-32-64-37)54(80)69-44(26-35-17-8-9-18-38(35)34-15-6-5-7-16-34)53(79)67-43(23-14-25-62-56(59)60)51(77)68-45(27-36-30-63-40-21-11-10-19-39(36)40)52(78)66-41(49(58)75)22-12-13-24-57/h5-11,15-19,21,30-32,41-47,63H,3-4,12-14,20,22-29,57H2,1-2H3,(H2,58,75)(H,61,64)(H,65,72)(H,66,78)(H,67,79)(H,68,77)(H,69,80)(H,70,81)(H,71,76)(H,73,74)(H4,59,60,62)/t41-,42-,43-,44+,45-,46-,47-/m0/s1. The van der Waals surface area contributed by atoms with E-state index in [0.717, 1.165) is 16.5 Å². The van der Waals surface area contributed by atoms with Gasteiger partial charge in [0.1, 0.15) is 42.3 Å². The van der Waals surface area contributed by atoms with E-state index < -0.39 is 102 Å². The van der Waals surface area contributed by atoms with Gasteiger partial charge in [-0.05, 0) is 73.4 Å². The molecule has 0 aliphatic carbocycles. The van der Waals surface area contributed by atoms with E-state index >= 15 is 4.79 Å². The second kappa shape index (κ2) is 32.1. The lowest BCUT2D eigenvalue weighted by Gasteiger charge is -2.28. The minimum absolute atomic E-state index is 0.0277. The lowest BCUT2D eigenvalue weighted by Crippen LogP contribution is -2.61. The van der Waals surface area contributed by atoms with Crippen LogP contribution in [0.5, 0.6) is 0 Å². The van der Waals surface area contributed by atoms with Gasteiger partial charge in [0.15, 0.2) is 5.96 Å². The molecule has 5 rings (SSSR count). The summed E-state index contributed by atoms with van der Waals surface area (Å²) in [4.78, 5) is 138. The van der Waals surface area contributed by atoms with Crippen molar-refractivity contribution in [3.05, 3.63) is 114 Å². The lowest BCUT2D eigenvalue weighted by atomic mass is 9.94. The molecule has 0 aliphatic heterocycles. The van der Waals surface area contributed by atoms with E-state index in [1.54, 1.807) is 24.4 Å². The molecule has 2 aromatic heterocycles. The number of para-hydroxylation sites is 1. The molecule has 5 aromatic rings. The van der Waals surface area contributed by atoms with Crippen molar-refractivity contribution in [1.82, 2.24) is 52.2 Å². The second-order valence-corrected chi connectivity index (χ2v) is 19.6. The first-order valence-electron chi connectivity index (χ1n) is 26.9. The number of imidazole rings is 1. The van der Waals surface area contributed by atoms with E-state index in [0.29, 0.717) is 54.6 Å². The van der Waals surface area contributed by atoms with Gasteiger partial charge in [0, 0.05) is 61.7 Å². The van der Waals surface area contributed by atoms with E-state index in [-0.39, 0.29) is 57.5 Å². The Labute approximate surface area is 468 Å². The molecule has 0 saturated heterocycles. The number of nitrogens with one attached hydrogen (secondary N) is 9. The number of nitrogens with zero attached hydrogens (tertiary/aromatic N) is 2. The molecule has 0 spiro atoms. The van der Waals surface area contributed by atoms with Gasteiger partial charge in [0.2, 0.25) is 47.3 Å². The Morgan fingerprint density at radius 1 is 0.580 bits per heavy atom. The van der Waals surface area contributed by atoms with Gasteiger partial charge < -0.3 is 75.2 Å². The average Bonchev–Trinajstić information content (AvgIpc) is 4.14. The Balaban J connectivity index is 1.53. The molecule has 81 heavy (non-hydrogen) atoms. The van der Waals surface area contributed by atoms with Crippen LogP contribution in [0, 0.1) is 0 Å². The van der Waals surface area contributed by atoms with Crippen LogP contribution >= 0.6 is 0 Å². The van der Waals surface area contributed by atoms with Gasteiger partial charge in [-0.15, -0.1) is 0 Å². The van der Waals surface area contributed by atoms with Crippen LogP contribution in [0.1, 0.15) is 88.5 Å². The van der Waals surface area contributed by atoms with E-state index in [9.17, 15) is 43.5 Å². The predicted molar refractivity (Wildman–Crippen MR) is 303 cm³/mol. The third kappa shape index (κ3) is 20.2. The number of rotatable bonds is 34. The number of aliphatic carboxylic acids is 1. The lowest BCUT2D eigenvalue weighted by molar-refractivity contribution is -0.141. The van der Waals surface area contributed by atoms with Crippen LogP contribution in [0.4, 0.5) is 0 Å². The Morgan fingerprint density at radius 3 is 1.72 bits per heavy atom. The molecule has 7 atom stereocenters. The highest BCUT2D eigenvalue weighted by Gasteiger charge is 2.35. The number of benzene rings is 3. The number of amides is 8. The first kappa shape index (κ1) is 62.7. The number of hydrogen-bond donors (Lipinski definition) is 14. The Hall–Kier alpha value is -9.13. The number of fused-ring (bicyclic) bond motifs is 1. The van der Waals surface area contributed by atoms with Crippen molar-refractivity contribution < 1.29 is 48.3 Å². The molecule has 0 unspecified atom stereocenters. The quantitative estimate of drug-likeness (QED) is 0.0150. The SMILES string of the molecule is CCCC[C@H](NC(C)=O)C(=O)N[C@@H](CC(=O)O)C(=O)N[C@@H](Cc1cnc[nH]1)C(=O)N[C@H](Cc1ccccc1-c1ccccc1)C(=O)N[C@@H](CCCN=C(N)N)C(=O)N[C@@H](Cc1c[nH]c2ccccc12)C(=O)N[C@@H](CCCCN)C(N)=O. The zero-order chi connectivity index (χ0) is 58.8. The number of unbranched alkanes of at least 4 members (excludes halogenated alkanes) is 2. The van der Waals surface area contributed by atoms with Gasteiger partial charge >= 0.3 is 5.97 Å². The van der Waals surface area contributed by atoms with Crippen LogP contribution in [-0.2, 0) is 62.4 Å². The molecule has 0 aliphatic rings. The molecule has 25 nitrogen and oxygen atoms in total. The minimum Gasteiger partial charge on any atom is -0.481 e. The van der Waals surface area contributed by atoms with Gasteiger partial charge in [-0.1, -0.05) is 92.6 Å². The number of hydrogen-bond acceptors (Lipinski definition) is 12. The zero-order valence-corrected chi connectivity index (χ0v) is 45.5. The van der Waals surface area contributed by atoms with Crippen LogP contribution in [0.3, 0.4) is 0 Å². The molecule has 0 saturated carbocycles. The van der Waals surface area contributed by atoms with Crippen molar-refractivity contribution in [1.29, 1.82) is 0 Å². The number of carbonyl (C=O) groups is 9.